The summed E-state index contributed by atoms with van der Waals surface area (Å²) >= 11 is 0. The second-order valence-corrected chi connectivity index (χ2v) is 10.9. The Morgan fingerprint density at radius 3 is 1.95 bits per heavy atom. The van der Waals surface area contributed by atoms with Crippen LogP contribution in [-0.4, -0.2) is 69.2 Å². The highest BCUT2D eigenvalue weighted by Crippen LogP contribution is 2.28. The predicted octanol–water partition coefficient (Wildman–Crippen LogP) is 5.52. The molecule has 0 aliphatic carbocycles. The molecular formula is C35H38N4O5. The number of H-pyrrole nitrogens is 1. The average Bonchev–Trinajstić information content (AvgIpc) is 3.04. The maximum absolute atomic E-state index is 13.3. The minimum atomic E-state index is -0.303. The Kier molecular flexibility index (Phi) is 9.47. The molecule has 0 spiro atoms. The third-order valence-electron chi connectivity index (χ3n) is 7.72. The number of fused-ring (bicyclic) bond motifs is 2. The molecule has 2 N–H and O–H groups in total. The van der Waals surface area contributed by atoms with E-state index in [2.05, 4.69) is 40.3 Å². The topological polar surface area (TPSA) is 96.1 Å². The van der Waals surface area contributed by atoms with Gasteiger partial charge in [0.05, 0.1) is 37.9 Å². The number of hydrogen-bond acceptors (Lipinski definition) is 7. The zero-order valence-electron chi connectivity index (χ0n) is 25.8. The number of nitrogens with one attached hydrogen (secondary N) is 2. The van der Waals surface area contributed by atoms with E-state index in [1.807, 2.05) is 36.4 Å². The monoisotopic (exact) mass is 594 g/mol. The van der Waals surface area contributed by atoms with Gasteiger partial charge in [0.1, 0.15) is 5.75 Å². The van der Waals surface area contributed by atoms with Crippen LogP contribution < -0.4 is 25.0 Å². The summed E-state index contributed by atoms with van der Waals surface area (Å²) in [7, 11) is 9.04. The predicted molar refractivity (Wildman–Crippen MR) is 175 cm³/mol. The van der Waals surface area contributed by atoms with Gasteiger partial charge in [-0.05, 0) is 73.8 Å². The molecule has 0 fully saturated rings. The minimum Gasteiger partial charge on any atom is -0.495 e. The Morgan fingerprint density at radius 1 is 0.705 bits per heavy atom. The first kappa shape index (κ1) is 30.6. The Balaban J connectivity index is 1.20. The summed E-state index contributed by atoms with van der Waals surface area (Å²) in [5.41, 5.74) is 4.24. The van der Waals surface area contributed by atoms with Gasteiger partial charge in [-0.3, -0.25) is 9.59 Å². The number of carbonyl (C=O) groups is 1. The lowest BCUT2D eigenvalue weighted by molar-refractivity contribution is 0.102. The number of aromatic nitrogens is 1. The fourth-order valence-corrected chi connectivity index (χ4v) is 5.35. The molecule has 0 radical (unpaired) electrons. The van der Waals surface area contributed by atoms with Crippen molar-refractivity contribution in [1.82, 2.24) is 14.8 Å². The molecule has 9 heteroatoms. The van der Waals surface area contributed by atoms with Crippen LogP contribution in [0.3, 0.4) is 0 Å². The van der Waals surface area contributed by atoms with E-state index in [4.69, 9.17) is 14.2 Å². The summed E-state index contributed by atoms with van der Waals surface area (Å²) in [5, 5.41) is 3.94. The fraction of sp³-hybridized carbons (Fsp3) is 0.257. The zero-order valence-corrected chi connectivity index (χ0v) is 25.8. The summed E-state index contributed by atoms with van der Waals surface area (Å²) in [6, 6.07) is 24.3. The summed E-state index contributed by atoms with van der Waals surface area (Å²) < 4.78 is 16.2. The number of ether oxygens (including phenoxy) is 3. The molecule has 0 unspecified atom stereocenters. The van der Waals surface area contributed by atoms with Crippen molar-refractivity contribution in [3.63, 3.8) is 0 Å². The molecule has 228 valence electrons. The van der Waals surface area contributed by atoms with Crippen LogP contribution >= 0.6 is 0 Å². The molecule has 4 aromatic carbocycles. The molecule has 0 atom stereocenters. The second kappa shape index (κ2) is 13.6. The molecule has 0 aliphatic rings. The van der Waals surface area contributed by atoms with Crippen molar-refractivity contribution in [2.75, 3.05) is 53.8 Å². The number of amides is 1. The molecule has 1 amide bonds. The van der Waals surface area contributed by atoms with E-state index in [1.165, 1.54) is 0 Å². The number of nitrogens with zero attached hydrogens (tertiary/aromatic N) is 2. The summed E-state index contributed by atoms with van der Waals surface area (Å²) in [6.07, 6.45) is 0. The number of rotatable bonds is 12. The molecule has 0 saturated heterocycles. The van der Waals surface area contributed by atoms with Crippen molar-refractivity contribution in [3.8, 4) is 17.2 Å². The van der Waals surface area contributed by atoms with Gasteiger partial charge in [0, 0.05) is 42.6 Å². The van der Waals surface area contributed by atoms with Crippen molar-refractivity contribution < 1.29 is 19.0 Å². The Labute approximate surface area is 257 Å². The number of anilines is 1. The highest BCUT2D eigenvalue weighted by Gasteiger charge is 2.16. The van der Waals surface area contributed by atoms with Gasteiger partial charge in [0.2, 0.25) is 0 Å². The second-order valence-electron chi connectivity index (χ2n) is 10.9. The van der Waals surface area contributed by atoms with E-state index in [9.17, 15) is 9.59 Å². The van der Waals surface area contributed by atoms with Gasteiger partial charge in [-0.1, -0.05) is 30.3 Å². The van der Waals surface area contributed by atoms with E-state index in [-0.39, 0.29) is 11.3 Å². The molecule has 0 aliphatic heterocycles. The number of pyridine rings is 1. The van der Waals surface area contributed by atoms with Crippen LogP contribution in [0.2, 0.25) is 0 Å². The lowest BCUT2D eigenvalue weighted by atomic mass is 10.1. The standard InChI is InChI=1S/C35H38N4O5/c1-38(18-19-39(2)22-24-14-17-29(42-3)31(20-24)44-5)21-23-12-15-25(16-13-23)36-35(41)28-10-6-8-26-32(28)37-33-27(34(26)40)9-7-11-30(33)43-4/h6-17,20H,18-19,21-22H2,1-5H3,(H,36,41)(H,37,40). The molecule has 9 nitrogen and oxygen atoms in total. The van der Waals surface area contributed by atoms with E-state index in [0.29, 0.717) is 38.8 Å². The molecule has 1 heterocycles. The molecule has 44 heavy (non-hydrogen) atoms. The van der Waals surface area contributed by atoms with Crippen LogP contribution in [0.4, 0.5) is 5.69 Å². The normalized spacial score (nSPS) is 11.3. The van der Waals surface area contributed by atoms with Gasteiger partial charge >= 0.3 is 0 Å². The average molecular weight is 595 g/mol. The first-order valence-corrected chi connectivity index (χ1v) is 14.4. The van der Waals surface area contributed by atoms with Crippen LogP contribution in [0, 0.1) is 0 Å². The first-order chi connectivity index (χ1) is 21.3. The first-order valence-electron chi connectivity index (χ1n) is 14.4. The Hall–Kier alpha value is -4.86. The Bertz CT molecular complexity index is 1830. The van der Waals surface area contributed by atoms with E-state index in [0.717, 1.165) is 48.8 Å². The fourth-order valence-electron chi connectivity index (χ4n) is 5.35. The number of methoxy groups -OCH3 is 3. The number of likely N-dealkylation sites (N-methyl/N-ethyl adjacent to an activating group) is 2. The van der Waals surface area contributed by atoms with Gasteiger partial charge in [0.25, 0.3) is 5.91 Å². The van der Waals surface area contributed by atoms with Crippen LogP contribution in [-0.2, 0) is 13.1 Å². The molecule has 1 aromatic heterocycles. The molecule has 5 rings (SSSR count). The largest absolute Gasteiger partial charge is 0.495 e. The molecular weight excluding hydrogens is 556 g/mol. The van der Waals surface area contributed by atoms with Gasteiger partial charge in [-0.25, -0.2) is 0 Å². The van der Waals surface area contributed by atoms with Crippen molar-refractivity contribution in [2.24, 2.45) is 0 Å². The maximum Gasteiger partial charge on any atom is 0.257 e. The van der Waals surface area contributed by atoms with Crippen molar-refractivity contribution in [2.45, 2.75) is 13.1 Å². The number of para-hydroxylation sites is 2. The van der Waals surface area contributed by atoms with Gasteiger partial charge in [-0.15, -0.1) is 0 Å². The molecule has 0 bridgehead atoms. The maximum atomic E-state index is 13.3. The lowest BCUT2D eigenvalue weighted by Gasteiger charge is -2.22. The quantitative estimate of drug-likeness (QED) is 0.184. The van der Waals surface area contributed by atoms with Gasteiger partial charge in [0.15, 0.2) is 16.9 Å². The molecule has 0 saturated carbocycles. The van der Waals surface area contributed by atoms with Crippen molar-refractivity contribution in [1.29, 1.82) is 0 Å². The Morgan fingerprint density at radius 2 is 1.30 bits per heavy atom. The van der Waals surface area contributed by atoms with E-state index >= 15 is 0 Å². The van der Waals surface area contributed by atoms with Crippen molar-refractivity contribution >= 4 is 33.4 Å². The smallest absolute Gasteiger partial charge is 0.257 e. The van der Waals surface area contributed by atoms with Crippen LogP contribution in [0.15, 0.2) is 83.7 Å². The van der Waals surface area contributed by atoms with Crippen LogP contribution in [0.5, 0.6) is 17.2 Å². The summed E-state index contributed by atoms with van der Waals surface area (Å²) in [6.45, 7) is 3.36. The van der Waals surface area contributed by atoms with Crippen LogP contribution in [0.25, 0.3) is 21.8 Å². The van der Waals surface area contributed by atoms with E-state index < -0.39 is 0 Å². The van der Waals surface area contributed by atoms with Gasteiger partial charge < -0.3 is 34.3 Å². The number of carbonyl (C=O) groups excluding carboxylic acids is 1. The highest BCUT2D eigenvalue weighted by molar-refractivity contribution is 6.13. The molecule has 5 aromatic rings. The highest BCUT2D eigenvalue weighted by atomic mass is 16.5. The number of benzene rings is 4. The van der Waals surface area contributed by atoms with Crippen LogP contribution in [0.1, 0.15) is 21.5 Å². The summed E-state index contributed by atoms with van der Waals surface area (Å²) in [4.78, 5) is 34.4. The van der Waals surface area contributed by atoms with E-state index in [1.54, 1.807) is 57.7 Å². The third-order valence-corrected chi connectivity index (χ3v) is 7.72. The lowest BCUT2D eigenvalue weighted by Crippen LogP contribution is -2.30. The number of hydrogen-bond donors (Lipinski definition) is 2. The zero-order chi connectivity index (χ0) is 31.2. The van der Waals surface area contributed by atoms with Gasteiger partial charge in [-0.2, -0.15) is 0 Å². The third kappa shape index (κ3) is 6.69. The number of aromatic amines is 1. The van der Waals surface area contributed by atoms with Crippen molar-refractivity contribution in [3.05, 3.63) is 106 Å². The SMILES string of the molecule is COc1ccc(CN(C)CCN(C)Cc2ccc(NC(=O)c3cccc4c(=O)c5cccc(OC)c5[nH]c34)cc2)cc1OC. The minimum absolute atomic E-state index is 0.150. The summed E-state index contributed by atoms with van der Waals surface area (Å²) in [5.74, 6) is 1.70.